The first kappa shape index (κ1) is 14.0. The molecule has 0 spiro atoms. The van der Waals surface area contributed by atoms with Crippen LogP contribution in [0.15, 0.2) is 54.7 Å². The Morgan fingerprint density at radius 3 is 2.68 bits per heavy atom. The third-order valence-corrected chi connectivity index (χ3v) is 3.38. The molecule has 0 saturated carbocycles. The second-order valence-electron chi connectivity index (χ2n) is 4.82. The van der Waals surface area contributed by atoms with E-state index in [-0.39, 0.29) is 0 Å². The number of anilines is 1. The molecule has 0 aliphatic carbocycles. The van der Waals surface area contributed by atoms with E-state index in [4.69, 9.17) is 15.7 Å². The fraction of sp³-hybridized carbons (Fsp3) is 0.0625. The van der Waals surface area contributed by atoms with Crippen molar-refractivity contribution in [3.05, 3.63) is 60.3 Å². The lowest BCUT2D eigenvalue weighted by molar-refractivity contribution is 0.251. The van der Waals surface area contributed by atoms with Crippen molar-refractivity contribution in [3.8, 4) is 5.75 Å². The number of nitrogens with zero attached hydrogens (tertiary/aromatic N) is 1. The summed E-state index contributed by atoms with van der Waals surface area (Å²) in [7, 11) is 0. The van der Waals surface area contributed by atoms with Gasteiger partial charge in [-0.25, -0.2) is 4.79 Å². The zero-order valence-corrected chi connectivity index (χ0v) is 11.7. The fourth-order valence-corrected chi connectivity index (χ4v) is 2.31. The van der Waals surface area contributed by atoms with Crippen LogP contribution in [-0.4, -0.2) is 15.8 Å². The van der Waals surface area contributed by atoms with Gasteiger partial charge in [0.15, 0.2) is 0 Å². The van der Waals surface area contributed by atoms with Crippen molar-refractivity contribution in [1.82, 2.24) is 4.57 Å². The maximum Gasteiger partial charge on any atom is 0.323 e. The number of rotatable bonds is 4. The normalized spacial score (nSPS) is 10.6. The van der Waals surface area contributed by atoms with E-state index in [0.29, 0.717) is 28.9 Å². The summed E-state index contributed by atoms with van der Waals surface area (Å²) in [6.45, 7) is 0.425. The maximum absolute atomic E-state index is 11.5. The van der Waals surface area contributed by atoms with Crippen LogP contribution in [0.5, 0.6) is 5.75 Å². The molecule has 0 fully saturated rings. The second kappa shape index (κ2) is 5.79. The summed E-state index contributed by atoms with van der Waals surface area (Å²) in [5.41, 5.74) is 9.41. The number of fused-ring (bicyclic) bond motifs is 1. The van der Waals surface area contributed by atoms with E-state index < -0.39 is 6.03 Å². The van der Waals surface area contributed by atoms with E-state index in [9.17, 15) is 4.79 Å². The molecule has 1 aromatic heterocycles. The largest absolute Gasteiger partial charge is 0.489 e. The molecule has 1 amide bonds. The Morgan fingerprint density at radius 1 is 1.23 bits per heavy atom. The summed E-state index contributed by atoms with van der Waals surface area (Å²) in [6.07, 6.45) is 1.44. The molecule has 1 heterocycles. The minimum atomic E-state index is -0.633. The first-order chi connectivity index (χ1) is 10.7. The topological polar surface area (TPSA) is 89.5 Å². The van der Waals surface area contributed by atoms with Crippen LogP contribution >= 0.6 is 0 Å². The summed E-state index contributed by atoms with van der Waals surface area (Å²) in [6, 6.07) is 14.4. The number of benzene rings is 2. The summed E-state index contributed by atoms with van der Waals surface area (Å²) >= 11 is 0. The predicted molar refractivity (Wildman–Crippen MR) is 83.1 cm³/mol. The number of amides is 1. The molecule has 0 bridgehead atoms. The number of ether oxygens (including phenoxy) is 1. The van der Waals surface area contributed by atoms with Crippen LogP contribution in [-0.2, 0) is 6.61 Å². The highest BCUT2D eigenvalue weighted by Crippen LogP contribution is 2.29. The zero-order valence-electron chi connectivity index (χ0n) is 11.7. The summed E-state index contributed by atoms with van der Waals surface area (Å²) in [5.74, 6) is 0.612. The van der Waals surface area contributed by atoms with Crippen LogP contribution in [0.3, 0.4) is 0 Å². The molecular formula is C16H15N3O3. The first-order valence-corrected chi connectivity index (χ1v) is 6.71. The number of carbonyl (C=O) groups is 1. The van der Waals surface area contributed by atoms with Gasteiger partial charge in [-0.2, -0.15) is 0 Å². The lowest BCUT2D eigenvalue weighted by Crippen LogP contribution is -2.18. The molecule has 3 rings (SSSR count). The Morgan fingerprint density at radius 2 is 2.00 bits per heavy atom. The highest BCUT2D eigenvalue weighted by Gasteiger charge is 2.12. The van der Waals surface area contributed by atoms with E-state index in [0.717, 1.165) is 5.56 Å². The van der Waals surface area contributed by atoms with Gasteiger partial charge in [0.1, 0.15) is 12.4 Å². The van der Waals surface area contributed by atoms with Crippen LogP contribution in [0.25, 0.3) is 10.9 Å². The Labute approximate surface area is 126 Å². The van der Waals surface area contributed by atoms with Gasteiger partial charge in [0.25, 0.3) is 0 Å². The van der Waals surface area contributed by atoms with Crippen molar-refractivity contribution in [1.29, 1.82) is 0 Å². The molecule has 0 radical (unpaired) electrons. The average molecular weight is 297 g/mol. The molecule has 0 atom stereocenters. The fourth-order valence-electron chi connectivity index (χ4n) is 2.31. The van der Waals surface area contributed by atoms with Gasteiger partial charge in [-0.15, -0.1) is 0 Å². The minimum Gasteiger partial charge on any atom is -0.489 e. The first-order valence-electron chi connectivity index (χ1n) is 6.71. The number of nitrogens with one attached hydrogen (secondary N) is 1. The highest BCUT2D eigenvalue weighted by atomic mass is 16.5. The standard InChI is InChI=1S/C16H15N3O3/c17-16(20)19-9-14(18-21)13-7-6-12(8-15(13)19)22-10-11-4-2-1-3-5-11/h1-9,18,21H,10H2,(H2,17,20). The zero-order chi connectivity index (χ0) is 15.5. The molecule has 0 unspecified atom stereocenters. The number of nitrogens with two attached hydrogens (primary N) is 1. The van der Waals surface area contributed by atoms with E-state index in [1.807, 2.05) is 30.3 Å². The Kier molecular flexibility index (Phi) is 3.67. The van der Waals surface area contributed by atoms with Gasteiger partial charge in [-0.05, 0) is 17.7 Å². The van der Waals surface area contributed by atoms with Crippen molar-refractivity contribution >= 4 is 22.6 Å². The lowest BCUT2D eigenvalue weighted by atomic mass is 10.2. The van der Waals surface area contributed by atoms with Crippen molar-refractivity contribution in [2.45, 2.75) is 6.61 Å². The van der Waals surface area contributed by atoms with Crippen LogP contribution in [0.4, 0.5) is 10.5 Å². The van der Waals surface area contributed by atoms with Gasteiger partial charge in [0.05, 0.1) is 11.2 Å². The molecule has 0 aliphatic heterocycles. The quantitative estimate of drug-likeness (QED) is 0.646. The van der Waals surface area contributed by atoms with E-state index in [1.54, 1.807) is 18.2 Å². The third-order valence-electron chi connectivity index (χ3n) is 3.38. The molecule has 0 aliphatic rings. The van der Waals surface area contributed by atoms with Gasteiger partial charge in [0, 0.05) is 17.6 Å². The lowest BCUT2D eigenvalue weighted by Gasteiger charge is -2.07. The van der Waals surface area contributed by atoms with Gasteiger partial charge in [-0.1, -0.05) is 30.3 Å². The van der Waals surface area contributed by atoms with Gasteiger partial charge >= 0.3 is 6.03 Å². The van der Waals surface area contributed by atoms with Crippen molar-refractivity contribution in [3.63, 3.8) is 0 Å². The Hall–Kier alpha value is -2.99. The van der Waals surface area contributed by atoms with Gasteiger partial charge in [-0.3, -0.25) is 15.3 Å². The monoisotopic (exact) mass is 297 g/mol. The molecule has 0 saturated heterocycles. The molecule has 22 heavy (non-hydrogen) atoms. The molecule has 4 N–H and O–H groups in total. The van der Waals surface area contributed by atoms with E-state index in [1.165, 1.54) is 10.8 Å². The van der Waals surface area contributed by atoms with Crippen molar-refractivity contribution in [2.24, 2.45) is 5.73 Å². The van der Waals surface area contributed by atoms with Crippen LogP contribution in [0, 0.1) is 0 Å². The maximum atomic E-state index is 11.5. The number of primary amides is 1. The second-order valence-corrected chi connectivity index (χ2v) is 4.82. The number of hydrogen-bond donors (Lipinski definition) is 3. The average Bonchev–Trinajstić information content (AvgIpc) is 2.92. The Balaban J connectivity index is 1.92. The van der Waals surface area contributed by atoms with E-state index in [2.05, 4.69) is 5.48 Å². The SMILES string of the molecule is NC(=O)n1cc(NO)c2ccc(OCc3ccccc3)cc21. The van der Waals surface area contributed by atoms with Gasteiger partial charge < -0.3 is 10.5 Å². The number of aromatic nitrogens is 1. The summed E-state index contributed by atoms with van der Waals surface area (Å²) < 4.78 is 6.98. The van der Waals surface area contributed by atoms with Gasteiger partial charge in [0.2, 0.25) is 0 Å². The summed E-state index contributed by atoms with van der Waals surface area (Å²) in [4.78, 5) is 11.5. The summed E-state index contributed by atoms with van der Waals surface area (Å²) in [5, 5.41) is 9.78. The van der Waals surface area contributed by atoms with Crippen molar-refractivity contribution in [2.75, 3.05) is 5.48 Å². The van der Waals surface area contributed by atoms with Crippen LogP contribution < -0.4 is 16.0 Å². The third kappa shape index (κ3) is 2.59. The predicted octanol–water partition coefficient (Wildman–Crippen LogP) is 2.95. The molecule has 3 aromatic rings. The molecule has 6 nitrogen and oxygen atoms in total. The number of carbonyl (C=O) groups excluding carboxylic acids is 1. The molecule has 6 heteroatoms. The smallest absolute Gasteiger partial charge is 0.323 e. The highest BCUT2D eigenvalue weighted by molar-refractivity contribution is 5.99. The molecule has 2 aromatic carbocycles. The van der Waals surface area contributed by atoms with Crippen molar-refractivity contribution < 1.29 is 14.7 Å². The van der Waals surface area contributed by atoms with Crippen LogP contribution in [0.2, 0.25) is 0 Å². The molecular weight excluding hydrogens is 282 g/mol. The molecule has 112 valence electrons. The van der Waals surface area contributed by atoms with Crippen LogP contribution in [0.1, 0.15) is 5.56 Å². The van der Waals surface area contributed by atoms with E-state index >= 15 is 0 Å². The number of hydrogen-bond acceptors (Lipinski definition) is 4. The Bertz CT molecular complexity index is 812. The minimum absolute atomic E-state index is 0.406.